The van der Waals surface area contributed by atoms with Crippen molar-refractivity contribution in [3.8, 4) is 0 Å². The van der Waals surface area contributed by atoms with E-state index in [2.05, 4.69) is 44.0 Å². The molecule has 0 unspecified atom stereocenters. The van der Waals surface area contributed by atoms with Crippen molar-refractivity contribution in [1.82, 2.24) is 4.23 Å². The minimum absolute atomic E-state index is 0.250. The third-order valence-electron chi connectivity index (χ3n) is 1.83. The first-order valence-electron chi connectivity index (χ1n) is 4.61. The van der Waals surface area contributed by atoms with E-state index in [1.165, 1.54) is 0 Å². The topological polar surface area (TPSA) is 23.5 Å². The summed E-state index contributed by atoms with van der Waals surface area (Å²) in [4.78, 5) is 0. The van der Waals surface area contributed by atoms with E-state index in [0.29, 0.717) is 0 Å². The third kappa shape index (κ3) is 8.45. The van der Waals surface area contributed by atoms with Crippen LogP contribution in [-0.4, -0.2) is 40.2 Å². The number of hydrogen-bond donors (Lipinski definition) is 1. The molecule has 12 heavy (non-hydrogen) atoms. The lowest BCUT2D eigenvalue weighted by atomic mass is 10.9. The lowest BCUT2D eigenvalue weighted by molar-refractivity contribution is 0.318. The van der Waals surface area contributed by atoms with Crippen LogP contribution < -0.4 is 0 Å². The fourth-order valence-electron chi connectivity index (χ4n) is 0.775. The molecule has 2 nitrogen and oxygen atoms in total. The summed E-state index contributed by atoms with van der Waals surface area (Å²) in [6, 6.07) is 0. The van der Waals surface area contributed by atoms with Crippen LogP contribution in [0.5, 0.6) is 0 Å². The fourth-order valence-corrected chi connectivity index (χ4v) is 6.97. The molecule has 0 heterocycles. The van der Waals surface area contributed by atoms with Crippen molar-refractivity contribution in [3.63, 3.8) is 0 Å². The Morgan fingerprint density at radius 2 is 1.50 bits per heavy atom. The maximum absolute atomic E-state index is 7.57. The van der Waals surface area contributed by atoms with Crippen LogP contribution in [0.25, 0.3) is 0 Å². The molecule has 0 aromatic carbocycles. The van der Waals surface area contributed by atoms with Crippen molar-refractivity contribution in [2.24, 2.45) is 0 Å². The average molecular weight is 207 g/mol. The molecular formula is C8H25NOSi2. The van der Waals surface area contributed by atoms with E-state index >= 15 is 0 Å². The molecule has 0 amide bonds. The lowest BCUT2D eigenvalue weighted by Crippen LogP contribution is -2.49. The van der Waals surface area contributed by atoms with Gasteiger partial charge in [0, 0.05) is 6.61 Å². The molecule has 0 atom stereocenters. The predicted molar refractivity (Wildman–Crippen MR) is 62.7 cm³/mol. The van der Waals surface area contributed by atoms with E-state index in [4.69, 9.17) is 5.11 Å². The maximum atomic E-state index is 7.57. The largest absolute Gasteiger partial charge is 0.397 e. The molecule has 0 aliphatic rings. The van der Waals surface area contributed by atoms with Crippen LogP contribution in [0.4, 0.5) is 0 Å². The average Bonchev–Trinajstić information content (AvgIpc) is 1.85. The first kappa shape index (κ1) is 14.9. The molecule has 0 rings (SSSR count). The maximum Gasteiger partial charge on any atom is 0.111 e. The van der Waals surface area contributed by atoms with Gasteiger partial charge in [-0.25, -0.2) is 0 Å². The molecular weight excluding hydrogens is 182 g/mol. The zero-order valence-electron chi connectivity index (χ0n) is 9.68. The Morgan fingerprint density at radius 3 is 1.50 bits per heavy atom. The second-order valence-corrected chi connectivity index (χ2v) is 12.7. The highest BCUT2D eigenvalue weighted by Gasteiger charge is 2.21. The Kier molecular flexibility index (Phi) is 8.45. The second kappa shape index (κ2) is 6.83. The van der Waals surface area contributed by atoms with Crippen molar-refractivity contribution in [1.29, 1.82) is 0 Å². The van der Waals surface area contributed by atoms with E-state index in [-0.39, 0.29) is 6.61 Å². The highest BCUT2D eigenvalue weighted by atomic mass is 28.4. The summed E-state index contributed by atoms with van der Waals surface area (Å²) < 4.78 is 2.63. The Hall–Kier alpha value is 0.354. The highest BCUT2D eigenvalue weighted by molar-refractivity contribution is 6.82. The standard InChI is InChI=1S/C6H19NSi2.C2H6O/c1-7(8(2)3)9(4,5)6;1-2-3/h8H,1-6H3;3H,2H2,1H3. The number of aliphatic hydroxyl groups is 1. The molecule has 0 aromatic heterocycles. The highest BCUT2D eigenvalue weighted by Crippen LogP contribution is 2.07. The quantitative estimate of drug-likeness (QED) is 0.697. The summed E-state index contributed by atoms with van der Waals surface area (Å²) >= 11 is 0. The fraction of sp³-hybridized carbons (Fsp3) is 1.00. The van der Waals surface area contributed by atoms with Gasteiger partial charge in [0.25, 0.3) is 0 Å². The summed E-state index contributed by atoms with van der Waals surface area (Å²) in [5, 5.41) is 7.57. The molecule has 0 saturated heterocycles. The lowest BCUT2D eigenvalue weighted by Gasteiger charge is -2.33. The Balaban J connectivity index is 0. The first-order chi connectivity index (χ1) is 5.27. The molecule has 0 saturated carbocycles. The van der Waals surface area contributed by atoms with E-state index in [0.717, 1.165) is 0 Å². The SMILES string of the molecule is CCO.CN([SiH](C)C)[Si](C)(C)C. The van der Waals surface area contributed by atoms with Crippen LogP contribution in [0.15, 0.2) is 0 Å². The molecule has 1 N–H and O–H groups in total. The van der Waals surface area contributed by atoms with Crippen LogP contribution in [0.1, 0.15) is 6.92 Å². The summed E-state index contributed by atoms with van der Waals surface area (Å²) in [6.07, 6.45) is 0. The zero-order chi connectivity index (χ0) is 10.4. The van der Waals surface area contributed by atoms with E-state index < -0.39 is 17.2 Å². The van der Waals surface area contributed by atoms with Gasteiger partial charge in [0.05, 0.1) is 8.96 Å². The van der Waals surface area contributed by atoms with Gasteiger partial charge < -0.3 is 9.34 Å². The van der Waals surface area contributed by atoms with E-state index in [1.54, 1.807) is 6.92 Å². The van der Waals surface area contributed by atoms with Crippen LogP contribution in [0.2, 0.25) is 32.7 Å². The number of nitrogens with zero attached hydrogens (tertiary/aromatic N) is 1. The van der Waals surface area contributed by atoms with Crippen molar-refractivity contribution in [2.75, 3.05) is 13.7 Å². The molecule has 0 bridgehead atoms. The van der Waals surface area contributed by atoms with Crippen LogP contribution >= 0.6 is 0 Å². The molecule has 0 aliphatic carbocycles. The molecule has 4 heteroatoms. The van der Waals surface area contributed by atoms with Crippen molar-refractivity contribution in [3.05, 3.63) is 0 Å². The van der Waals surface area contributed by atoms with Gasteiger partial charge in [0.15, 0.2) is 0 Å². The van der Waals surface area contributed by atoms with Gasteiger partial charge in [-0.05, 0) is 14.0 Å². The van der Waals surface area contributed by atoms with Crippen molar-refractivity contribution >= 4 is 17.2 Å². The number of aliphatic hydroxyl groups excluding tert-OH is 1. The summed E-state index contributed by atoms with van der Waals surface area (Å²) in [6.45, 7) is 13.9. The number of rotatable bonds is 2. The van der Waals surface area contributed by atoms with E-state index in [9.17, 15) is 0 Å². The molecule has 0 radical (unpaired) electrons. The van der Waals surface area contributed by atoms with Gasteiger partial charge >= 0.3 is 0 Å². The first-order valence-corrected chi connectivity index (χ1v) is 10.9. The van der Waals surface area contributed by atoms with Gasteiger partial charge in [-0.15, -0.1) is 0 Å². The summed E-state index contributed by atoms with van der Waals surface area (Å²) in [7, 11) is 0.858. The van der Waals surface area contributed by atoms with Crippen LogP contribution in [0, 0.1) is 0 Å². The van der Waals surface area contributed by atoms with Gasteiger partial charge in [0.1, 0.15) is 8.24 Å². The van der Waals surface area contributed by atoms with Crippen LogP contribution in [-0.2, 0) is 0 Å². The Bertz CT molecular complexity index is 102. The smallest absolute Gasteiger partial charge is 0.111 e. The van der Waals surface area contributed by atoms with E-state index in [1.807, 2.05) is 0 Å². The van der Waals surface area contributed by atoms with Gasteiger partial charge in [-0.2, -0.15) is 0 Å². The summed E-state index contributed by atoms with van der Waals surface area (Å²) in [5.41, 5.74) is 0. The van der Waals surface area contributed by atoms with Gasteiger partial charge in [-0.1, -0.05) is 32.7 Å². The second-order valence-electron chi connectivity index (χ2n) is 4.19. The molecule has 76 valence electrons. The molecule has 0 fully saturated rings. The predicted octanol–water partition coefficient (Wildman–Crippen LogP) is 1.74. The van der Waals surface area contributed by atoms with Crippen molar-refractivity contribution < 1.29 is 5.11 Å². The number of hydrogen-bond acceptors (Lipinski definition) is 2. The Labute approximate surface area is 80.4 Å². The summed E-state index contributed by atoms with van der Waals surface area (Å²) in [5.74, 6) is 0. The van der Waals surface area contributed by atoms with Gasteiger partial charge in [-0.3, -0.25) is 0 Å². The zero-order valence-corrected chi connectivity index (χ0v) is 11.8. The molecule has 0 aliphatic heterocycles. The minimum atomic E-state index is -0.929. The molecule has 0 aromatic rings. The van der Waals surface area contributed by atoms with Crippen molar-refractivity contribution in [2.45, 2.75) is 39.7 Å². The monoisotopic (exact) mass is 207 g/mol. The van der Waals surface area contributed by atoms with Gasteiger partial charge in [0.2, 0.25) is 0 Å². The minimum Gasteiger partial charge on any atom is -0.397 e. The third-order valence-corrected chi connectivity index (χ3v) is 9.37. The Morgan fingerprint density at radius 1 is 1.25 bits per heavy atom. The molecule has 0 spiro atoms. The van der Waals surface area contributed by atoms with Crippen LogP contribution in [0.3, 0.4) is 0 Å². The normalized spacial score (nSPS) is 11.5.